The van der Waals surface area contributed by atoms with E-state index < -0.39 is 0 Å². The van der Waals surface area contributed by atoms with Gasteiger partial charge in [0.25, 0.3) is 5.91 Å². The van der Waals surface area contributed by atoms with Gasteiger partial charge in [0.2, 0.25) is 0 Å². The number of nitrogens with two attached hydrogens (primary N) is 1. The van der Waals surface area contributed by atoms with E-state index in [9.17, 15) is 4.79 Å². The van der Waals surface area contributed by atoms with Crippen molar-refractivity contribution in [1.29, 1.82) is 0 Å². The molecule has 0 spiro atoms. The molecule has 0 fully saturated rings. The number of anilines is 1. The standard InChI is InChI=1S/C15H17IN2OS/c1-10(2)18(8-11-4-3-5-13(17)6-11)15(19)12-7-14(16)20-9-12/h3-7,9-10H,8,17H2,1-2H3. The molecule has 0 aliphatic heterocycles. The van der Waals surface area contributed by atoms with Gasteiger partial charge >= 0.3 is 0 Å². The van der Waals surface area contributed by atoms with Crippen molar-refractivity contribution in [3.63, 3.8) is 0 Å². The minimum Gasteiger partial charge on any atom is -0.399 e. The highest BCUT2D eigenvalue weighted by atomic mass is 127. The maximum Gasteiger partial charge on any atom is 0.255 e. The fraction of sp³-hybridized carbons (Fsp3) is 0.267. The van der Waals surface area contributed by atoms with Gasteiger partial charge in [-0.05, 0) is 60.2 Å². The van der Waals surface area contributed by atoms with Crippen LogP contribution in [0.2, 0.25) is 0 Å². The second-order valence-electron chi connectivity index (χ2n) is 4.91. The summed E-state index contributed by atoms with van der Waals surface area (Å²) in [5, 5.41) is 1.92. The number of hydrogen-bond acceptors (Lipinski definition) is 3. The molecule has 1 amide bonds. The highest BCUT2D eigenvalue weighted by molar-refractivity contribution is 14.1. The lowest BCUT2D eigenvalue weighted by molar-refractivity contribution is 0.0691. The van der Waals surface area contributed by atoms with Crippen LogP contribution in [0.15, 0.2) is 35.7 Å². The van der Waals surface area contributed by atoms with Gasteiger partial charge in [-0.3, -0.25) is 4.79 Å². The average molecular weight is 400 g/mol. The summed E-state index contributed by atoms with van der Waals surface area (Å²) in [5.74, 6) is 0.0709. The highest BCUT2D eigenvalue weighted by Crippen LogP contribution is 2.20. The monoisotopic (exact) mass is 400 g/mol. The summed E-state index contributed by atoms with van der Waals surface area (Å²) in [4.78, 5) is 14.5. The number of hydrogen-bond donors (Lipinski definition) is 1. The van der Waals surface area contributed by atoms with E-state index in [0.717, 1.165) is 19.7 Å². The molecule has 1 aromatic heterocycles. The number of nitrogens with zero attached hydrogens (tertiary/aromatic N) is 1. The van der Waals surface area contributed by atoms with Crippen molar-refractivity contribution in [3.8, 4) is 0 Å². The molecule has 1 heterocycles. The number of halogens is 1. The first-order chi connectivity index (χ1) is 9.47. The van der Waals surface area contributed by atoms with Gasteiger partial charge < -0.3 is 10.6 Å². The molecule has 3 nitrogen and oxygen atoms in total. The molecule has 0 bridgehead atoms. The normalized spacial score (nSPS) is 10.8. The zero-order valence-electron chi connectivity index (χ0n) is 11.5. The Kier molecular flexibility index (Phi) is 5.04. The van der Waals surface area contributed by atoms with Gasteiger partial charge in [-0.25, -0.2) is 0 Å². The lowest BCUT2D eigenvalue weighted by Gasteiger charge is -2.26. The van der Waals surface area contributed by atoms with Crippen molar-refractivity contribution < 1.29 is 4.79 Å². The highest BCUT2D eigenvalue weighted by Gasteiger charge is 2.20. The zero-order valence-corrected chi connectivity index (χ0v) is 14.4. The molecule has 0 atom stereocenters. The summed E-state index contributed by atoms with van der Waals surface area (Å²) in [5.41, 5.74) is 8.34. The average Bonchev–Trinajstić information content (AvgIpc) is 2.82. The van der Waals surface area contributed by atoms with E-state index >= 15 is 0 Å². The maximum atomic E-state index is 12.6. The van der Waals surface area contributed by atoms with E-state index in [4.69, 9.17) is 5.73 Å². The molecule has 1 aromatic carbocycles. The molecule has 0 radical (unpaired) electrons. The number of rotatable bonds is 4. The molecular weight excluding hydrogens is 383 g/mol. The van der Waals surface area contributed by atoms with E-state index in [-0.39, 0.29) is 11.9 Å². The predicted molar refractivity (Wildman–Crippen MR) is 92.9 cm³/mol. The minimum absolute atomic E-state index is 0.0709. The summed E-state index contributed by atoms with van der Waals surface area (Å²) >= 11 is 3.82. The molecule has 0 saturated heterocycles. The molecule has 20 heavy (non-hydrogen) atoms. The molecule has 0 aliphatic carbocycles. The molecule has 0 aliphatic rings. The van der Waals surface area contributed by atoms with E-state index in [2.05, 4.69) is 22.6 Å². The Balaban J connectivity index is 2.21. The lowest BCUT2D eigenvalue weighted by atomic mass is 10.1. The summed E-state index contributed by atoms with van der Waals surface area (Å²) < 4.78 is 1.12. The van der Waals surface area contributed by atoms with Gasteiger partial charge in [-0.1, -0.05) is 12.1 Å². The van der Waals surface area contributed by atoms with E-state index in [1.165, 1.54) is 0 Å². The maximum absolute atomic E-state index is 12.6. The quantitative estimate of drug-likeness (QED) is 0.623. The van der Waals surface area contributed by atoms with Crippen LogP contribution in [0.25, 0.3) is 0 Å². The number of amides is 1. The molecular formula is C15H17IN2OS. The Morgan fingerprint density at radius 2 is 2.15 bits per heavy atom. The Morgan fingerprint density at radius 3 is 2.70 bits per heavy atom. The van der Waals surface area contributed by atoms with E-state index in [0.29, 0.717) is 6.54 Å². The zero-order chi connectivity index (χ0) is 14.7. The summed E-state index contributed by atoms with van der Waals surface area (Å²) in [6, 6.07) is 9.76. The van der Waals surface area contributed by atoms with Crippen molar-refractivity contribution in [3.05, 3.63) is 49.7 Å². The van der Waals surface area contributed by atoms with Crippen LogP contribution in [0, 0.1) is 2.88 Å². The smallest absolute Gasteiger partial charge is 0.255 e. The van der Waals surface area contributed by atoms with E-state index in [1.807, 2.05) is 54.5 Å². The van der Waals surface area contributed by atoms with Crippen LogP contribution in [0.4, 0.5) is 5.69 Å². The first-order valence-corrected chi connectivity index (χ1v) is 8.32. The number of thiophene rings is 1. The first kappa shape index (κ1) is 15.3. The predicted octanol–water partition coefficient (Wildman–Crippen LogP) is 3.99. The fourth-order valence-electron chi connectivity index (χ4n) is 1.97. The van der Waals surface area contributed by atoms with Crippen LogP contribution >= 0.6 is 33.9 Å². The number of carbonyl (C=O) groups is 1. The summed E-state index contributed by atoms with van der Waals surface area (Å²) in [6.07, 6.45) is 0. The molecule has 2 rings (SSSR count). The lowest BCUT2D eigenvalue weighted by Crippen LogP contribution is -2.36. The van der Waals surface area contributed by atoms with Crippen LogP contribution in [0.5, 0.6) is 0 Å². The SMILES string of the molecule is CC(C)N(Cc1cccc(N)c1)C(=O)c1csc(I)c1. The van der Waals surface area contributed by atoms with Crippen LogP contribution in [-0.2, 0) is 6.54 Å². The number of nitrogen functional groups attached to an aromatic ring is 1. The van der Waals surface area contributed by atoms with Gasteiger partial charge in [-0.2, -0.15) is 0 Å². The van der Waals surface area contributed by atoms with Crippen LogP contribution in [0.3, 0.4) is 0 Å². The van der Waals surface area contributed by atoms with Crippen LogP contribution in [-0.4, -0.2) is 16.8 Å². The second-order valence-corrected chi connectivity index (χ2v) is 7.72. The van der Waals surface area contributed by atoms with Crippen molar-refractivity contribution in [2.24, 2.45) is 0 Å². The van der Waals surface area contributed by atoms with Crippen molar-refractivity contribution in [1.82, 2.24) is 4.90 Å². The largest absolute Gasteiger partial charge is 0.399 e. The van der Waals surface area contributed by atoms with Gasteiger partial charge in [0.05, 0.1) is 8.45 Å². The van der Waals surface area contributed by atoms with E-state index in [1.54, 1.807) is 11.3 Å². The van der Waals surface area contributed by atoms with Gasteiger partial charge in [-0.15, -0.1) is 11.3 Å². The van der Waals surface area contributed by atoms with Crippen molar-refractivity contribution in [2.45, 2.75) is 26.4 Å². The Labute approximate surface area is 136 Å². The van der Waals surface area contributed by atoms with Crippen molar-refractivity contribution in [2.75, 3.05) is 5.73 Å². The molecule has 5 heteroatoms. The molecule has 0 saturated carbocycles. The summed E-state index contributed by atoms with van der Waals surface area (Å²) in [6.45, 7) is 4.64. The second kappa shape index (κ2) is 6.58. The topological polar surface area (TPSA) is 46.3 Å². The third-order valence-corrected chi connectivity index (χ3v) is 4.79. The summed E-state index contributed by atoms with van der Waals surface area (Å²) in [7, 11) is 0. The third kappa shape index (κ3) is 3.73. The molecule has 2 N–H and O–H groups in total. The Hall–Kier alpha value is -1.08. The van der Waals surface area contributed by atoms with Crippen LogP contribution < -0.4 is 5.73 Å². The van der Waals surface area contributed by atoms with Gasteiger partial charge in [0.15, 0.2) is 0 Å². The molecule has 2 aromatic rings. The Bertz CT molecular complexity index is 609. The van der Waals surface area contributed by atoms with Crippen LogP contribution in [0.1, 0.15) is 29.8 Å². The fourth-order valence-corrected chi connectivity index (χ4v) is 3.29. The number of benzene rings is 1. The first-order valence-electron chi connectivity index (χ1n) is 6.37. The van der Waals surface area contributed by atoms with Crippen molar-refractivity contribution >= 4 is 45.5 Å². The third-order valence-electron chi connectivity index (χ3n) is 3.00. The molecule has 106 valence electrons. The number of carbonyl (C=O) groups excluding carboxylic acids is 1. The van der Waals surface area contributed by atoms with Gasteiger partial charge in [0.1, 0.15) is 0 Å². The molecule has 0 unspecified atom stereocenters. The van der Waals surface area contributed by atoms with Gasteiger partial charge in [0, 0.05) is 23.7 Å². The Morgan fingerprint density at radius 1 is 1.40 bits per heavy atom. The minimum atomic E-state index is 0.0709.